The Morgan fingerprint density at radius 1 is 1.14 bits per heavy atom. The molecular formula is C17H20N2O2. The summed E-state index contributed by atoms with van der Waals surface area (Å²) in [6.07, 6.45) is 0.931. The molecule has 1 amide bonds. The third-order valence-corrected chi connectivity index (χ3v) is 3.41. The molecule has 0 bridgehead atoms. The second-order valence-corrected chi connectivity index (χ2v) is 4.79. The smallest absolute Gasteiger partial charge is 0.258 e. The fraction of sp³-hybridized carbons (Fsp3) is 0.235. The summed E-state index contributed by atoms with van der Waals surface area (Å²) < 4.78 is 0. The highest BCUT2D eigenvalue weighted by atomic mass is 16.3. The van der Waals surface area contributed by atoms with E-state index in [1.54, 1.807) is 12.1 Å². The van der Waals surface area contributed by atoms with Crippen LogP contribution in [0.4, 0.5) is 11.4 Å². The first-order chi connectivity index (χ1) is 10.2. The number of nitrogens with zero attached hydrogens (tertiary/aromatic N) is 1. The second kappa shape index (κ2) is 6.90. The first-order valence-corrected chi connectivity index (χ1v) is 7.03. The summed E-state index contributed by atoms with van der Waals surface area (Å²) in [6.45, 7) is 2.16. The van der Waals surface area contributed by atoms with Crippen LogP contribution in [0.5, 0.6) is 0 Å². The SMILES string of the molecule is CCc1ccc(C(=O)N(CCO)c2ccccc2N)cc1. The lowest BCUT2D eigenvalue weighted by Gasteiger charge is -2.23. The maximum Gasteiger partial charge on any atom is 0.258 e. The molecule has 0 aromatic heterocycles. The quantitative estimate of drug-likeness (QED) is 0.829. The van der Waals surface area contributed by atoms with Crippen molar-refractivity contribution in [3.05, 3.63) is 59.7 Å². The van der Waals surface area contributed by atoms with Gasteiger partial charge in [-0.1, -0.05) is 31.2 Å². The van der Waals surface area contributed by atoms with Crippen LogP contribution in [0.15, 0.2) is 48.5 Å². The Hall–Kier alpha value is -2.33. The van der Waals surface area contributed by atoms with Crippen LogP contribution < -0.4 is 10.6 Å². The molecule has 110 valence electrons. The van der Waals surface area contributed by atoms with Crippen LogP contribution in [0.25, 0.3) is 0 Å². The minimum atomic E-state index is -0.162. The van der Waals surface area contributed by atoms with Crippen LogP contribution in [0, 0.1) is 0 Å². The average molecular weight is 284 g/mol. The third-order valence-electron chi connectivity index (χ3n) is 3.41. The molecule has 2 aromatic carbocycles. The molecule has 0 aliphatic carbocycles. The van der Waals surface area contributed by atoms with Crippen LogP contribution in [-0.4, -0.2) is 24.2 Å². The van der Waals surface area contributed by atoms with Crippen molar-refractivity contribution in [2.75, 3.05) is 23.8 Å². The molecule has 21 heavy (non-hydrogen) atoms. The molecule has 0 saturated carbocycles. The van der Waals surface area contributed by atoms with E-state index in [1.807, 2.05) is 36.4 Å². The first-order valence-electron chi connectivity index (χ1n) is 7.03. The Balaban J connectivity index is 2.33. The lowest BCUT2D eigenvalue weighted by Crippen LogP contribution is -2.34. The number of hydrogen-bond donors (Lipinski definition) is 2. The van der Waals surface area contributed by atoms with Crippen molar-refractivity contribution in [3.8, 4) is 0 Å². The zero-order valence-electron chi connectivity index (χ0n) is 12.1. The van der Waals surface area contributed by atoms with Crippen molar-refractivity contribution in [2.24, 2.45) is 0 Å². The highest BCUT2D eigenvalue weighted by Crippen LogP contribution is 2.24. The maximum absolute atomic E-state index is 12.6. The van der Waals surface area contributed by atoms with Crippen LogP contribution in [-0.2, 0) is 6.42 Å². The number of amides is 1. The molecule has 0 aliphatic heterocycles. The predicted molar refractivity (Wildman–Crippen MR) is 85.4 cm³/mol. The van der Waals surface area contributed by atoms with Crippen molar-refractivity contribution in [1.29, 1.82) is 0 Å². The molecule has 3 N–H and O–H groups in total. The summed E-state index contributed by atoms with van der Waals surface area (Å²) in [6, 6.07) is 14.7. The number of nitrogen functional groups attached to an aromatic ring is 1. The molecule has 0 radical (unpaired) electrons. The normalized spacial score (nSPS) is 10.4. The van der Waals surface area contributed by atoms with E-state index in [4.69, 9.17) is 5.73 Å². The predicted octanol–water partition coefficient (Wildman–Crippen LogP) is 2.47. The Labute approximate surface area is 124 Å². The number of nitrogens with two attached hydrogens (primary N) is 1. The lowest BCUT2D eigenvalue weighted by molar-refractivity contribution is 0.0981. The molecule has 2 aromatic rings. The number of benzene rings is 2. The zero-order valence-corrected chi connectivity index (χ0v) is 12.1. The molecular weight excluding hydrogens is 264 g/mol. The van der Waals surface area contributed by atoms with Gasteiger partial charge in [0, 0.05) is 12.1 Å². The van der Waals surface area contributed by atoms with Gasteiger partial charge in [0.15, 0.2) is 0 Å². The van der Waals surface area contributed by atoms with Gasteiger partial charge < -0.3 is 15.7 Å². The van der Waals surface area contributed by atoms with Gasteiger partial charge in [-0.25, -0.2) is 0 Å². The van der Waals surface area contributed by atoms with E-state index in [2.05, 4.69) is 6.92 Å². The number of carbonyl (C=O) groups is 1. The van der Waals surface area contributed by atoms with Gasteiger partial charge in [-0.3, -0.25) is 4.79 Å². The Morgan fingerprint density at radius 2 is 1.81 bits per heavy atom. The molecule has 4 heteroatoms. The molecule has 0 aliphatic rings. The summed E-state index contributed by atoms with van der Waals surface area (Å²) >= 11 is 0. The van der Waals surface area contributed by atoms with Crippen molar-refractivity contribution < 1.29 is 9.90 Å². The van der Waals surface area contributed by atoms with Crippen LogP contribution in [0.1, 0.15) is 22.8 Å². The van der Waals surface area contributed by atoms with Gasteiger partial charge in [-0.2, -0.15) is 0 Å². The summed E-state index contributed by atoms with van der Waals surface area (Å²) in [5.74, 6) is -0.162. The highest BCUT2D eigenvalue weighted by molar-refractivity contribution is 6.07. The fourth-order valence-electron chi connectivity index (χ4n) is 2.20. The van der Waals surface area contributed by atoms with Gasteiger partial charge in [0.1, 0.15) is 0 Å². The number of aliphatic hydroxyl groups excluding tert-OH is 1. The van der Waals surface area contributed by atoms with Gasteiger partial charge in [-0.05, 0) is 36.2 Å². The van der Waals surface area contributed by atoms with Gasteiger partial charge in [0.25, 0.3) is 5.91 Å². The summed E-state index contributed by atoms with van der Waals surface area (Å²) in [5, 5.41) is 9.23. The van der Waals surface area contributed by atoms with E-state index in [0.29, 0.717) is 16.9 Å². The van der Waals surface area contributed by atoms with E-state index in [0.717, 1.165) is 6.42 Å². The van der Waals surface area contributed by atoms with Gasteiger partial charge in [0.05, 0.1) is 18.0 Å². The van der Waals surface area contributed by atoms with Crippen LogP contribution >= 0.6 is 0 Å². The second-order valence-electron chi connectivity index (χ2n) is 4.79. The van der Waals surface area contributed by atoms with E-state index < -0.39 is 0 Å². The number of aryl methyl sites for hydroxylation is 1. The Bertz CT molecular complexity index is 608. The van der Waals surface area contributed by atoms with E-state index >= 15 is 0 Å². The summed E-state index contributed by atoms with van der Waals surface area (Å²) in [4.78, 5) is 14.2. The molecule has 0 spiro atoms. The molecule has 0 unspecified atom stereocenters. The number of aliphatic hydroxyl groups is 1. The van der Waals surface area contributed by atoms with Crippen molar-refractivity contribution in [3.63, 3.8) is 0 Å². The summed E-state index contributed by atoms with van der Waals surface area (Å²) in [7, 11) is 0. The number of carbonyl (C=O) groups excluding carboxylic acids is 1. The topological polar surface area (TPSA) is 66.6 Å². The van der Waals surface area contributed by atoms with Crippen LogP contribution in [0.3, 0.4) is 0 Å². The molecule has 0 saturated heterocycles. The van der Waals surface area contributed by atoms with E-state index in [1.165, 1.54) is 10.5 Å². The first kappa shape index (κ1) is 15.1. The number of hydrogen-bond acceptors (Lipinski definition) is 3. The third kappa shape index (κ3) is 3.41. The van der Waals surface area contributed by atoms with E-state index in [-0.39, 0.29) is 19.1 Å². The molecule has 0 heterocycles. The molecule has 0 atom stereocenters. The minimum Gasteiger partial charge on any atom is -0.397 e. The summed E-state index contributed by atoms with van der Waals surface area (Å²) in [5.41, 5.74) is 8.84. The molecule has 2 rings (SSSR count). The van der Waals surface area contributed by atoms with Crippen molar-refractivity contribution >= 4 is 17.3 Å². The number of rotatable bonds is 5. The lowest BCUT2D eigenvalue weighted by atomic mass is 10.1. The standard InChI is InChI=1S/C17H20N2O2/c1-2-13-7-9-14(10-8-13)17(21)19(11-12-20)16-6-4-3-5-15(16)18/h3-10,20H,2,11-12,18H2,1H3. The number of para-hydroxylation sites is 2. The molecule has 4 nitrogen and oxygen atoms in total. The van der Waals surface area contributed by atoms with Crippen LogP contribution in [0.2, 0.25) is 0 Å². The van der Waals surface area contributed by atoms with Crippen molar-refractivity contribution in [2.45, 2.75) is 13.3 Å². The average Bonchev–Trinajstić information content (AvgIpc) is 2.53. The van der Waals surface area contributed by atoms with Crippen molar-refractivity contribution in [1.82, 2.24) is 0 Å². The molecule has 0 fully saturated rings. The van der Waals surface area contributed by atoms with Gasteiger partial charge in [-0.15, -0.1) is 0 Å². The largest absolute Gasteiger partial charge is 0.397 e. The van der Waals surface area contributed by atoms with Gasteiger partial charge >= 0.3 is 0 Å². The fourth-order valence-corrected chi connectivity index (χ4v) is 2.20. The van der Waals surface area contributed by atoms with E-state index in [9.17, 15) is 9.90 Å². The monoisotopic (exact) mass is 284 g/mol. The maximum atomic E-state index is 12.6. The minimum absolute atomic E-state index is 0.118. The zero-order chi connectivity index (χ0) is 15.2. The van der Waals surface area contributed by atoms with Gasteiger partial charge in [0.2, 0.25) is 0 Å². The Morgan fingerprint density at radius 3 is 2.38 bits per heavy atom. The highest BCUT2D eigenvalue weighted by Gasteiger charge is 2.18. The number of anilines is 2. The Kier molecular flexibility index (Phi) is 4.95.